The smallest absolute Gasteiger partial charge is 0.161 e. The van der Waals surface area contributed by atoms with E-state index in [1.54, 1.807) is 6.07 Å². The lowest BCUT2D eigenvalue weighted by atomic mass is 10.1. The molecule has 0 radical (unpaired) electrons. The third-order valence-electron chi connectivity index (χ3n) is 3.20. The van der Waals surface area contributed by atoms with Crippen molar-refractivity contribution in [1.82, 2.24) is 9.97 Å². The van der Waals surface area contributed by atoms with Crippen molar-refractivity contribution < 1.29 is 9.13 Å². The predicted molar refractivity (Wildman–Crippen MR) is 70.5 cm³/mol. The number of nitrogens with zero attached hydrogens (tertiary/aromatic N) is 2. The molecule has 0 N–H and O–H groups in total. The molecule has 1 aliphatic heterocycles. The van der Waals surface area contributed by atoms with Gasteiger partial charge in [-0.05, 0) is 30.7 Å². The van der Waals surface area contributed by atoms with Crippen LogP contribution in [0.1, 0.15) is 16.8 Å². The van der Waals surface area contributed by atoms with Gasteiger partial charge in [0, 0.05) is 17.5 Å². The highest BCUT2D eigenvalue weighted by Gasteiger charge is 2.18. The average Bonchev–Trinajstić information content (AvgIpc) is 2.38. The van der Waals surface area contributed by atoms with E-state index in [4.69, 9.17) is 16.3 Å². The largest absolute Gasteiger partial charge is 0.376 e. The molecule has 0 spiro atoms. The van der Waals surface area contributed by atoms with Crippen LogP contribution in [0.25, 0.3) is 11.4 Å². The molecule has 5 heteroatoms. The molecule has 19 heavy (non-hydrogen) atoms. The standard InChI is InChI=1S/C14H12ClFN2O/c1-8-6-9(16)2-3-10(8)14-17-12-4-5-19-7-11(12)13(15)18-14/h2-3,6H,4-5,7H2,1H3. The van der Waals surface area contributed by atoms with Gasteiger partial charge in [0.1, 0.15) is 11.0 Å². The molecular formula is C14H12ClFN2O. The molecule has 0 unspecified atom stereocenters. The lowest BCUT2D eigenvalue weighted by Crippen LogP contribution is -2.14. The van der Waals surface area contributed by atoms with Crippen LogP contribution < -0.4 is 0 Å². The van der Waals surface area contributed by atoms with Gasteiger partial charge in [0.05, 0.1) is 18.9 Å². The molecule has 3 rings (SSSR count). The Morgan fingerprint density at radius 3 is 2.95 bits per heavy atom. The maximum atomic E-state index is 13.1. The number of aromatic nitrogens is 2. The Bertz CT molecular complexity index is 646. The third-order valence-corrected chi connectivity index (χ3v) is 3.51. The van der Waals surface area contributed by atoms with Crippen LogP contribution >= 0.6 is 11.6 Å². The van der Waals surface area contributed by atoms with E-state index in [1.807, 2.05) is 6.92 Å². The Hall–Kier alpha value is -1.52. The van der Waals surface area contributed by atoms with Crippen LogP contribution in [0.3, 0.4) is 0 Å². The summed E-state index contributed by atoms with van der Waals surface area (Å²) in [5, 5.41) is 0.420. The fourth-order valence-corrected chi connectivity index (χ4v) is 2.43. The molecule has 0 amide bonds. The fraction of sp³-hybridized carbons (Fsp3) is 0.286. The average molecular weight is 279 g/mol. The number of ether oxygens (including phenoxy) is 1. The second kappa shape index (κ2) is 4.87. The highest BCUT2D eigenvalue weighted by molar-refractivity contribution is 6.30. The van der Waals surface area contributed by atoms with Crippen molar-refractivity contribution >= 4 is 11.6 Å². The summed E-state index contributed by atoms with van der Waals surface area (Å²) < 4.78 is 18.5. The van der Waals surface area contributed by atoms with Crippen LogP contribution in [0.4, 0.5) is 4.39 Å². The summed E-state index contributed by atoms with van der Waals surface area (Å²) in [6, 6.07) is 4.55. The van der Waals surface area contributed by atoms with Gasteiger partial charge in [-0.15, -0.1) is 0 Å². The molecule has 1 aromatic carbocycles. The Morgan fingerprint density at radius 2 is 2.16 bits per heavy atom. The molecule has 1 aliphatic rings. The molecule has 0 aliphatic carbocycles. The lowest BCUT2D eigenvalue weighted by molar-refractivity contribution is 0.109. The van der Waals surface area contributed by atoms with E-state index in [0.29, 0.717) is 24.2 Å². The third kappa shape index (κ3) is 2.33. The van der Waals surface area contributed by atoms with Crippen molar-refractivity contribution in [1.29, 1.82) is 0 Å². The molecule has 2 aromatic rings. The first kappa shape index (κ1) is 12.5. The highest BCUT2D eigenvalue weighted by atomic mass is 35.5. The number of hydrogen-bond donors (Lipinski definition) is 0. The van der Waals surface area contributed by atoms with E-state index in [9.17, 15) is 4.39 Å². The van der Waals surface area contributed by atoms with Crippen molar-refractivity contribution in [2.24, 2.45) is 0 Å². The van der Waals surface area contributed by atoms with E-state index in [2.05, 4.69) is 9.97 Å². The fourth-order valence-electron chi connectivity index (χ4n) is 2.19. The van der Waals surface area contributed by atoms with Crippen LogP contribution in [-0.4, -0.2) is 16.6 Å². The molecule has 0 atom stereocenters. The van der Waals surface area contributed by atoms with Gasteiger partial charge in [-0.1, -0.05) is 11.6 Å². The number of aryl methyl sites for hydroxylation is 1. The van der Waals surface area contributed by atoms with Crippen LogP contribution in [-0.2, 0) is 17.8 Å². The molecule has 3 nitrogen and oxygen atoms in total. The summed E-state index contributed by atoms with van der Waals surface area (Å²) >= 11 is 6.18. The zero-order valence-electron chi connectivity index (χ0n) is 10.4. The quantitative estimate of drug-likeness (QED) is 0.751. The monoisotopic (exact) mass is 278 g/mol. The topological polar surface area (TPSA) is 35.0 Å². The number of benzene rings is 1. The normalized spacial score (nSPS) is 14.3. The van der Waals surface area contributed by atoms with E-state index < -0.39 is 0 Å². The SMILES string of the molecule is Cc1cc(F)ccc1-c1nc(Cl)c2c(n1)CCOC2. The van der Waals surface area contributed by atoms with Crippen molar-refractivity contribution in [3.63, 3.8) is 0 Å². The Morgan fingerprint density at radius 1 is 1.32 bits per heavy atom. The number of hydrogen-bond acceptors (Lipinski definition) is 3. The first-order chi connectivity index (χ1) is 9.15. The van der Waals surface area contributed by atoms with Crippen LogP contribution in [0.15, 0.2) is 18.2 Å². The van der Waals surface area contributed by atoms with E-state index in [-0.39, 0.29) is 5.82 Å². The molecule has 2 heterocycles. The van der Waals surface area contributed by atoms with Gasteiger partial charge in [-0.3, -0.25) is 0 Å². The summed E-state index contributed by atoms with van der Waals surface area (Å²) in [6.45, 7) is 2.93. The minimum absolute atomic E-state index is 0.265. The maximum absolute atomic E-state index is 13.1. The van der Waals surface area contributed by atoms with Gasteiger partial charge in [0.2, 0.25) is 0 Å². The lowest BCUT2D eigenvalue weighted by Gasteiger charge is -2.17. The molecule has 0 bridgehead atoms. The van der Waals surface area contributed by atoms with Crippen molar-refractivity contribution in [2.45, 2.75) is 20.0 Å². The summed E-state index contributed by atoms with van der Waals surface area (Å²) in [7, 11) is 0. The van der Waals surface area contributed by atoms with Gasteiger partial charge in [-0.2, -0.15) is 0 Å². The minimum Gasteiger partial charge on any atom is -0.376 e. The molecule has 0 saturated carbocycles. The Balaban J connectivity index is 2.13. The second-order valence-corrected chi connectivity index (χ2v) is 4.88. The number of halogens is 2. The van der Waals surface area contributed by atoms with Crippen molar-refractivity contribution in [3.8, 4) is 11.4 Å². The second-order valence-electron chi connectivity index (χ2n) is 4.53. The number of fused-ring (bicyclic) bond motifs is 1. The molecule has 1 aromatic heterocycles. The molecular weight excluding hydrogens is 267 g/mol. The minimum atomic E-state index is -0.265. The zero-order chi connectivity index (χ0) is 13.4. The van der Waals surface area contributed by atoms with Gasteiger partial charge in [0.15, 0.2) is 5.82 Å². The number of rotatable bonds is 1. The predicted octanol–water partition coefficient (Wildman–Crippen LogP) is 3.32. The van der Waals surface area contributed by atoms with Gasteiger partial charge in [0.25, 0.3) is 0 Å². The van der Waals surface area contributed by atoms with Crippen LogP contribution in [0.5, 0.6) is 0 Å². The Labute approximate surface area is 115 Å². The first-order valence-corrected chi connectivity index (χ1v) is 6.42. The van der Waals surface area contributed by atoms with Gasteiger partial charge >= 0.3 is 0 Å². The van der Waals surface area contributed by atoms with E-state index in [1.165, 1.54) is 12.1 Å². The molecule has 0 fully saturated rings. The zero-order valence-corrected chi connectivity index (χ0v) is 11.2. The van der Waals surface area contributed by atoms with Gasteiger partial charge < -0.3 is 4.74 Å². The highest BCUT2D eigenvalue weighted by Crippen LogP contribution is 2.27. The maximum Gasteiger partial charge on any atom is 0.161 e. The van der Waals surface area contributed by atoms with Gasteiger partial charge in [-0.25, -0.2) is 14.4 Å². The Kier molecular flexibility index (Phi) is 3.21. The summed E-state index contributed by atoms with van der Waals surface area (Å²) in [4.78, 5) is 8.84. The van der Waals surface area contributed by atoms with Crippen molar-refractivity contribution in [2.75, 3.05) is 6.61 Å². The van der Waals surface area contributed by atoms with Crippen molar-refractivity contribution in [3.05, 3.63) is 46.0 Å². The molecule has 98 valence electrons. The summed E-state index contributed by atoms with van der Waals surface area (Å²) in [5.41, 5.74) is 3.38. The summed E-state index contributed by atoms with van der Waals surface area (Å²) in [5.74, 6) is 0.279. The molecule has 0 saturated heterocycles. The first-order valence-electron chi connectivity index (χ1n) is 6.04. The van der Waals surface area contributed by atoms with Crippen LogP contribution in [0, 0.1) is 12.7 Å². The van der Waals surface area contributed by atoms with E-state index in [0.717, 1.165) is 28.8 Å². The van der Waals surface area contributed by atoms with Crippen LogP contribution in [0.2, 0.25) is 5.15 Å². The summed E-state index contributed by atoms with van der Waals surface area (Å²) in [6.07, 6.45) is 0.727. The van der Waals surface area contributed by atoms with E-state index >= 15 is 0 Å².